The van der Waals surface area contributed by atoms with Crippen LogP contribution >= 0.6 is 27.7 Å². The third-order valence-electron chi connectivity index (χ3n) is 5.21. The summed E-state index contributed by atoms with van der Waals surface area (Å²) in [5.74, 6) is 1.38. The van der Waals surface area contributed by atoms with Crippen molar-refractivity contribution in [3.8, 4) is 11.5 Å². The molecule has 0 bridgehead atoms. The topological polar surface area (TPSA) is 101 Å². The van der Waals surface area contributed by atoms with E-state index < -0.39 is 6.04 Å². The van der Waals surface area contributed by atoms with Crippen LogP contribution in [0.15, 0.2) is 57.3 Å². The Balaban J connectivity index is 1.84. The lowest BCUT2D eigenvalue weighted by molar-refractivity contribution is -0.113. The van der Waals surface area contributed by atoms with Crippen molar-refractivity contribution in [2.75, 3.05) is 23.5 Å². The Kier molecular flexibility index (Phi) is 6.66. The summed E-state index contributed by atoms with van der Waals surface area (Å²) in [6, 6.07) is 10.5. The number of thioether (sulfide) groups is 1. The number of phenolic OH excluding ortho intramolecular Hbond substituents is 1. The first-order valence-electron chi connectivity index (χ1n) is 10.3. The van der Waals surface area contributed by atoms with Crippen molar-refractivity contribution in [2.45, 2.75) is 32.0 Å². The summed E-state index contributed by atoms with van der Waals surface area (Å²) in [6.45, 7) is 5.84. The summed E-state index contributed by atoms with van der Waals surface area (Å²) in [6.07, 6.45) is 0. The van der Waals surface area contributed by atoms with Crippen LogP contribution in [-0.4, -0.2) is 38.6 Å². The molecule has 0 radical (unpaired) electrons. The molecule has 10 heteroatoms. The quantitative estimate of drug-likeness (QED) is 0.381. The number of halogens is 1. The van der Waals surface area contributed by atoms with Crippen LogP contribution in [0, 0.1) is 6.92 Å². The van der Waals surface area contributed by atoms with E-state index in [-0.39, 0.29) is 11.7 Å². The number of hydrogen-bond acceptors (Lipinski definition) is 7. The number of hydrogen-bond donors (Lipinski definition) is 3. The van der Waals surface area contributed by atoms with Gasteiger partial charge in [0.05, 0.1) is 17.2 Å². The molecule has 0 fully saturated rings. The fraction of sp³-hybridized carbons (Fsp3) is 0.261. The highest BCUT2D eigenvalue weighted by Crippen LogP contribution is 2.42. The smallest absolute Gasteiger partial charge is 0.255 e. The van der Waals surface area contributed by atoms with E-state index in [1.54, 1.807) is 16.8 Å². The second-order valence-electron chi connectivity index (χ2n) is 7.54. The Morgan fingerprint density at radius 2 is 2.12 bits per heavy atom. The van der Waals surface area contributed by atoms with Gasteiger partial charge >= 0.3 is 0 Å². The highest BCUT2D eigenvalue weighted by atomic mass is 79.9. The van der Waals surface area contributed by atoms with Gasteiger partial charge in [0.25, 0.3) is 5.91 Å². The van der Waals surface area contributed by atoms with Crippen LogP contribution < -0.4 is 15.4 Å². The third-order valence-corrected chi connectivity index (χ3v) is 6.54. The van der Waals surface area contributed by atoms with Crippen LogP contribution in [0.5, 0.6) is 11.5 Å². The minimum Gasteiger partial charge on any atom is -0.503 e. The molecule has 1 atom stereocenters. The second kappa shape index (κ2) is 9.48. The first-order chi connectivity index (χ1) is 15.8. The maximum atomic E-state index is 13.6. The van der Waals surface area contributed by atoms with Gasteiger partial charge in [-0.2, -0.15) is 4.98 Å². The molecule has 1 unspecified atom stereocenters. The zero-order valence-electron chi connectivity index (χ0n) is 18.6. The lowest BCUT2D eigenvalue weighted by Gasteiger charge is -2.29. The number of anilines is 2. The molecule has 3 aromatic rings. The summed E-state index contributed by atoms with van der Waals surface area (Å²) in [7, 11) is 1.48. The number of rotatable bonds is 6. The van der Waals surface area contributed by atoms with Gasteiger partial charge in [0.1, 0.15) is 6.04 Å². The van der Waals surface area contributed by atoms with E-state index in [1.807, 2.05) is 45.0 Å². The van der Waals surface area contributed by atoms with Gasteiger partial charge in [-0.25, -0.2) is 4.68 Å². The first-order valence-corrected chi connectivity index (χ1v) is 12.1. The van der Waals surface area contributed by atoms with Crippen molar-refractivity contribution >= 4 is 45.2 Å². The molecule has 1 aliphatic heterocycles. The average molecular weight is 530 g/mol. The molecule has 0 spiro atoms. The van der Waals surface area contributed by atoms with E-state index in [0.29, 0.717) is 43.8 Å². The fourth-order valence-electron chi connectivity index (χ4n) is 3.75. The molecular formula is C23H24BrN5O3S. The van der Waals surface area contributed by atoms with Crippen LogP contribution in [0.2, 0.25) is 0 Å². The number of allylic oxidation sites excluding steroid dienone is 1. The Bertz CT molecular complexity index is 1260. The van der Waals surface area contributed by atoms with Crippen LogP contribution in [0.4, 0.5) is 11.6 Å². The number of amides is 1. The molecule has 0 aliphatic carbocycles. The molecule has 33 heavy (non-hydrogen) atoms. The number of fused-ring (bicyclic) bond motifs is 1. The van der Waals surface area contributed by atoms with Crippen molar-refractivity contribution < 1.29 is 14.6 Å². The largest absolute Gasteiger partial charge is 0.503 e. The Hall–Kier alpha value is -2.98. The Labute approximate surface area is 204 Å². The minimum absolute atomic E-state index is 0.0114. The van der Waals surface area contributed by atoms with E-state index >= 15 is 0 Å². The summed E-state index contributed by atoms with van der Waals surface area (Å²) in [4.78, 5) is 18.1. The predicted octanol–water partition coefficient (Wildman–Crippen LogP) is 5.10. The van der Waals surface area contributed by atoms with Gasteiger partial charge in [-0.15, -0.1) is 5.10 Å². The molecule has 0 saturated heterocycles. The highest BCUT2D eigenvalue weighted by Gasteiger charge is 2.35. The van der Waals surface area contributed by atoms with Crippen molar-refractivity contribution in [3.05, 3.63) is 63.3 Å². The number of nitrogens with zero attached hydrogens (tertiary/aromatic N) is 3. The monoisotopic (exact) mass is 529 g/mol. The van der Waals surface area contributed by atoms with E-state index in [2.05, 4.69) is 36.6 Å². The molecule has 1 amide bonds. The zero-order valence-corrected chi connectivity index (χ0v) is 21.0. The van der Waals surface area contributed by atoms with E-state index in [9.17, 15) is 9.90 Å². The molecule has 8 nitrogen and oxygen atoms in total. The van der Waals surface area contributed by atoms with Crippen LogP contribution in [0.3, 0.4) is 0 Å². The molecule has 2 aromatic carbocycles. The number of aromatic nitrogens is 3. The Morgan fingerprint density at radius 3 is 2.82 bits per heavy atom. The number of aryl methyl sites for hydroxylation is 1. The minimum atomic E-state index is -0.587. The van der Waals surface area contributed by atoms with Gasteiger partial charge in [0.2, 0.25) is 11.1 Å². The van der Waals surface area contributed by atoms with Gasteiger partial charge in [-0.3, -0.25) is 4.79 Å². The first kappa shape index (κ1) is 23.2. The molecule has 1 aromatic heterocycles. The van der Waals surface area contributed by atoms with Gasteiger partial charge in [0, 0.05) is 11.4 Å². The predicted molar refractivity (Wildman–Crippen MR) is 133 cm³/mol. The van der Waals surface area contributed by atoms with E-state index in [1.165, 1.54) is 18.9 Å². The van der Waals surface area contributed by atoms with Gasteiger partial charge < -0.3 is 20.5 Å². The maximum Gasteiger partial charge on any atom is 0.255 e. The van der Waals surface area contributed by atoms with Crippen LogP contribution in [-0.2, 0) is 4.79 Å². The lowest BCUT2D eigenvalue weighted by Crippen LogP contribution is -2.31. The number of phenols is 1. The van der Waals surface area contributed by atoms with Crippen LogP contribution in [0.1, 0.15) is 31.0 Å². The number of carbonyl (C=O) groups excluding carboxylic acids is 1. The molecule has 172 valence electrons. The number of benzene rings is 2. The number of carbonyl (C=O) groups is 1. The van der Waals surface area contributed by atoms with Crippen molar-refractivity contribution in [1.29, 1.82) is 0 Å². The average Bonchev–Trinajstić information content (AvgIpc) is 3.16. The number of methoxy groups -OCH3 is 1. The van der Waals surface area contributed by atoms with Gasteiger partial charge in [-0.05, 0) is 70.9 Å². The SMILES string of the molecule is CCSc1nc2n(n1)C(c1cc(Br)c(O)c(OC)c1)C(C(=O)Nc1cccc(C)c1)=C(C)N2. The highest BCUT2D eigenvalue weighted by molar-refractivity contribution is 9.10. The molecule has 1 aliphatic rings. The summed E-state index contributed by atoms with van der Waals surface area (Å²) in [5, 5.41) is 21.8. The summed E-state index contributed by atoms with van der Waals surface area (Å²) >= 11 is 4.91. The van der Waals surface area contributed by atoms with Gasteiger partial charge in [-0.1, -0.05) is 30.8 Å². The standard InChI is InChI=1S/C23H24BrN5O3S/c1-5-33-23-27-22-25-13(3)18(21(31)26-15-8-6-7-12(2)9-15)19(29(22)28-23)14-10-16(24)20(30)17(11-14)32-4/h6-11,19,30H,5H2,1-4H3,(H,26,31)(H,25,27,28). The van der Waals surface area contributed by atoms with E-state index in [4.69, 9.17) is 4.74 Å². The number of ether oxygens (including phenoxy) is 1. The fourth-order valence-corrected chi connectivity index (χ4v) is 4.77. The summed E-state index contributed by atoms with van der Waals surface area (Å²) in [5.41, 5.74) is 3.62. The Morgan fingerprint density at radius 1 is 1.33 bits per heavy atom. The number of nitrogens with one attached hydrogen (secondary N) is 2. The third kappa shape index (κ3) is 4.58. The normalized spacial score (nSPS) is 15.1. The number of aromatic hydroxyl groups is 1. The van der Waals surface area contributed by atoms with Gasteiger partial charge in [0.15, 0.2) is 11.5 Å². The van der Waals surface area contributed by atoms with Crippen molar-refractivity contribution in [1.82, 2.24) is 14.8 Å². The molecule has 2 heterocycles. The van der Waals surface area contributed by atoms with Crippen LogP contribution in [0.25, 0.3) is 0 Å². The molecule has 4 rings (SSSR count). The molecule has 3 N–H and O–H groups in total. The van der Waals surface area contributed by atoms with Crippen molar-refractivity contribution in [2.24, 2.45) is 0 Å². The molecular weight excluding hydrogens is 506 g/mol. The maximum absolute atomic E-state index is 13.6. The zero-order chi connectivity index (χ0) is 23.7. The van der Waals surface area contributed by atoms with E-state index in [0.717, 1.165) is 11.3 Å². The molecule has 0 saturated carbocycles. The second-order valence-corrected chi connectivity index (χ2v) is 9.62. The van der Waals surface area contributed by atoms with Crippen molar-refractivity contribution in [3.63, 3.8) is 0 Å². The lowest BCUT2D eigenvalue weighted by atomic mass is 9.94. The summed E-state index contributed by atoms with van der Waals surface area (Å²) < 4.78 is 7.52.